The van der Waals surface area contributed by atoms with E-state index in [4.69, 9.17) is 0 Å². The summed E-state index contributed by atoms with van der Waals surface area (Å²) in [4.78, 5) is 0. The molecule has 0 saturated heterocycles. The molecule has 0 aliphatic carbocycles. The molecule has 0 radical (unpaired) electrons. The van der Waals surface area contributed by atoms with Gasteiger partial charge in [0, 0.05) is 10.5 Å². The van der Waals surface area contributed by atoms with Gasteiger partial charge in [-0.2, -0.15) is 0 Å². The third-order valence-corrected chi connectivity index (χ3v) is 4.87. The molecule has 0 amide bonds. The van der Waals surface area contributed by atoms with Crippen LogP contribution in [0.1, 0.15) is 35.2 Å². The summed E-state index contributed by atoms with van der Waals surface area (Å²) < 4.78 is 1.16. The highest BCUT2D eigenvalue weighted by atomic mass is 79.9. The van der Waals surface area contributed by atoms with E-state index in [-0.39, 0.29) is 5.54 Å². The van der Waals surface area contributed by atoms with Crippen molar-refractivity contribution in [3.8, 4) is 0 Å². The Morgan fingerprint density at radius 3 is 2.89 bits per heavy atom. The summed E-state index contributed by atoms with van der Waals surface area (Å²) >= 11 is 3.60. The smallest absolute Gasteiger partial charge is 0.0673 e. The van der Waals surface area contributed by atoms with Crippen molar-refractivity contribution >= 4 is 15.9 Å². The number of fused-ring (bicyclic) bond motifs is 7. The first-order valence-corrected chi connectivity index (χ1v) is 7.14. The second-order valence-corrected chi connectivity index (χ2v) is 6.33. The first kappa shape index (κ1) is 10.8. The summed E-state index contributed by atoms with van der Waals surface area (Å²) in [5, 5.41) is 3.79. The van der Waals surface area contributed by atoms with Crippen molar-refractivity contribution in [3.63, 3.8) is 0 Å². The zero-order valence-corrected chi connectivity index (χ0v) is 11.8. The molecule has 90 valence electrons. The van der Waals surface area contributed by atoms with E-state index in [1.807, 2.05) is 0 Å². The van der Waals surface area contributed by atoms with E-state index in [1.54, 1.807) is 0 Å². The van der Waals surface area contributed by atoms with Crippen LogP contribution in [-0.2, 0) is 12.0 Å². The third kappa shape index (κ3) is 1.25. The lowest BCUT2D eigenvalue weighted by Gasteiger charge is -2.34. The first-order valence-electron chi connectivity index (χ1n) is 6.34. The lowest BCUT2D eigenvalue weighted by Crippen LogP contribution is -2.41. The second kappa shape index (κ2) is 3.46. The summed E-state index contributed by atoms with van der Waals surface area (Å²) in [5.41, 5.74) is 5.76. The highest BCUT2D eigenvalue weighted by Crippen LogP contribution is 2.48. The lowest BCUT2D eigenvalue weighted by atomic mass is 9.82. The van der Waals surface area contributed by atoms with Crippen molar-refractivity contribution in [1.82, 2.24) is 5.32 Å². The van der Waals surface area contributed by atoms with Crippen molar-refractivity contribution in [2.24, 2.45) is 0 Å². The Hall–Kier alpha value is -1.12. The average Bonchev–Trinajstić information content (AvgIpc) is 2.62. The van der Waals surface area contributed by atoms with Gasteiger partial charge in [-0.05, 0) is 47.7 Å². The second-order valence-electron chi connectivity index (χ2n) is 5.41. The fraction of sp³-hybridized carbons (Fsp3) is 0.250. The van der Waals surface area contributed by atoms with E-state index >= 15 is 0 Å². The van der Waals surface area contributed by atoms with E-state index in [2.05, 4.69) is 70.6 Å². The van der Waals surface area contributed by atoms with Crippen molar-refractivity contribution in [1.29, 1.82) is 0 Å². The molecule has 0 fully saturated rings. The summed E-state index contributed by atoms with van der Waals surface area (Å²) in [6, 6.07) is 16.0. The molecule has 2 heterocycles. The van der Waals surface area contributed by atoms with Gasteiger partial charge in [-0.3, -0.25) is 5.32 Å². The van der Waals surface area contributed by atoms with Crippen molar-refractivity contribution in [2.75, 3.05) is 0 Å². The zero-order chi connectivity index (χ0) is 12.3. The van der Waals surface area contributed by atoms with Crippen LogP contribution in [0.4, 0.5) is 0 Å². The van der Waals surface area contributed by atoms with Crippen LogP contribution in [0.25, 0.3) is 0 Å². The number of nitrogens with one attached hydrogen (secondary N) is 1. The Morgan fingerprint density at radius 2 is 2.00 bits per heavy atom. The van der Waals surface area contributed by atoms with Gasteiger partial charge in [0.1, 0.15) is 0 Å². The molecule has 1 nitrogen and oxygen atoms in total. The van der Waals surface area contributed by atoms with Crippen LogP contribution in [0.5, 0.6) is 0 Å². The van der Waals surface area contributed by atoms with Gasteiger partial charge in [0.05, 0.1) is 5.54 Å². The Morgan fingerprint density at radius 1 is 1.17 bits per heavy atom. The maximum absolute atomic E-state index is 3.79. The minimum absolute atomic E-state index is 0.0291. The molecule has 1 N–H and O–H groups in total. The summed E-state index contributed by atoms with van der Waals surface area (Å²) in [5.74, 6) is 0. The molecule has 0 saturated carbocycles. The van der Waals surface area contributed by atoms with Crippen LogP contribution < -0.4 is 5.32 Å². The molecule has 2 bridgehead atoms. The maximum atomic E-state index is 3.79. The molecule has 0 spiro atoms. The zero-order valence-electron chi connectivity index (χ0n) is 10.2. The SMILES string of the molecule is C[C@@]12N[C@@H](Cc3ccc(Br)cc31)c1ccccc12. The normalized spacial score (nSPS) is 27.8. The van der Waals surface area contributed by atoms with Crippen LogP contribution in [0, 0.1) is 0 Å². The minimum atomic E-state index is -0.0291. The lowest BCUT2D eigenvalue weighted by molar-refractivity contribution is 0.388. The third-order valence-electron chi connectivity index (χ3n) is 4.37. The van der Waals surface area contributed by atoms with E-state index in [0.717, 1.165) is 10.9 Å². The van der Waals surface area contributed by atoms with Gasteiger partial charge in [-0.15, -0.1) is 0 Å². The predicted molar refractivity (Wildman–Crippen MR) is 76.6 cm³/mol. The van der Waals surface area contributed by atoms with Gasteiger partial charge in [0.15, 0.2) is 0 Å². The van der Waals surface area contributed by atoms with Gasteiger partial charge in [-0.25, -0.2) is 0 Å². The van der Waals surface area contributed by atoms with E-state index in [9.17, 15) is 0 Å². The van der Waals surface area contributed by atoms with Crippen molar-refractivity contribution < 1.29 is 0 Å². The Labute approximate surface area is 115 Å². The van der Waals surface area contributed by atoms with Crippen LogP contribution in [0.2, 0.25) is 0 Å². The summed E-state index contributed by atoms with van der Waals surface area (Å²) in [6.07, 6.45) is 1.09. The quantitative estimate of drug-likeness (QED) is 0.778. The monoisotopic (exact) mass is 299 g/mol. The molecule has 4 rings (SSSR count). The van der Waals surface area contributed by atoms with E-state index < -0.39 is 0 Å². The molecule has 0 aromatic heterocycles. The molecule has 2 aromatic rings. The minimum Gasteiger partial charge on any atom is -0.297 e. The Balaban J connectivity index is 2.04. The molecular weight excluding hydrogens is 286 g/mol. The largest absolute Gasteiger partial charge is 0.297 e. The number of hydrogen-bond acceptors (Lipinski definition) is 1. The first-order chi connectivity index (χ1) is 8.68. The summed E-state index contributed by atoms with van der Waals surface area (Å²) in [6.45, 7) is 2.30. The number of hydrogen-bond donors (Lipinski definition) is 1. The van der Waals surface area contributed by atoms with Gasteiger partial charge in [0.2, 0.25) is 0 Å². The predicted octanol–water partition coefficient (Wildman–Crippen LogP) is 3.91. The van der Waals surface area contributed by atoms with Gasteiger partial charge in [0.25, 0.3) is 0 Å². The van der Waals surface area contributed by atoms with E-state index in [0.29, 0.717) is 6.04 Å². The fourth-order valence-corrected chi connectivity index (χ4v) is 3.92. The highest BCUT2D eigenvalue weighted by molar-refractivity contribution is 9.10. The molecule has 2 aliphatic rings. The van der Waals surface area contributed by atoms with Gasteiger partial charge in [-0.1, -0.05) is 46.3 Å². The van der Waals surface area contributed by atoms with Crippen LogP contribution in [0.15, 0.2) is 46.9 Å². The number of rotatable bonds is 0. The average molecular weight is 300 g/mol. The van der Waals surface area contributed by atoms with Crippen molar-refractivity contribution in [2.45, 2.75) is 24.9 Å². The van der Waals surface area contributed by atoms with E-state index in [1.165, 1.54) is 22.3 Å². The maximum Gasteiger partial charge on any atom is 0.0673 e. The highest BCUT2D eigenvalue weighted by Gasteiger charge is 2.45. The van der Waals surface area contributed by atoms with Crippen LogP contribution in [0.3, 0.4) is 0 Å². The molecule has 2 aliphatic heterocycles. The van der Waals surface area contributed by atoms with Gasteiger partial charge < -0.3 is 0 Å². The molecule has 18 heavy (non-hydrogen) atoms. The molecular formula is C16H14BrN. The number of halogens is 1. The number of benzene rings is 2. The molecule has 0 unspecified atom stereocenters. The Bertz CT molecular complexity index is 649. The van der Waals surface area contributed by atoms with Crippen molar-refractivity contribution in [3.05, 3.63) is 69.2 Å². The van der Waals surface area contributed by atoms with Gasteiger partial charge >= 0.3 is 0 Å². The fourth-order valence-electron chi connectivity index (χ4n) is 3.56. The van der Waals surface area contributed by atoms with Crippen LogP contribution >= 0.6 is 15.9 Å². The molecule has 2 atom stereocenters. The topological polar surface area (TPSA) is 12.0 Å². The molecule has 2 heteroatoms. The molecule has 2 aromatic carbocycles. The standard InChI is InChI=1S/C16H14BrN/c1-16-13-5-3-2-4-12(13)15(18-16)8-10-6-7-11(17)9-14(10)16/h2-7,9,15,18H,8H2,1H3/t15-,16-/m0/s1. The Kier molecular flexibility index (Phi) is 2.07. The summed E-state index contributed by atoms with van der Waals surface area (Å²) in [7, 11) is 0. The van der Waals surface area contributed by atoms with Crippen LogP contribution in [-0.4, -0.2) is 0 Å².